The Morgan fingerprint density at radius 3 is 2.58 bits per heavy atom. The molecular weight excluding hydrogens is 324 g/mol. The van der Waals surface area contributed by atoms with E-state index >= 15 is 0 Å². The summed E-state index contributed by atoms with van der Waals surface area (Å²) in [4.78, 5) is 17.1. The third kappa shape index (κ3) is 4.84. The number of nitrogens with two attached hydrogens (primary N) is 1. The lowest BCUT2D eigenvalue weighted by atomic mass is 10.0. The second-order valence-electron chi connectivity index (χ2n) is 6.96. The number of amides is 1. The highest BCUT2D eigenvalue weighted by atomic mass is 16.1. The van der Waals surface area contributed by atoms with E-state index in [1.807, 2.05) is 0 Å². The highest BCUT2D eigenvalue weighted by Gasteiger charge is 2.25. The van der Waals surface area contributed by atoms with Gasteiger partial charge >= 0.3 is 0 Å². The molecule has 1 aliphatic rings. The van der Waals surface area contributed by atoms with Gasteiger partial charge in [0.25, 0.3) is 5.91 Å². The zero-order valence-electron chi connectivity index (χ0n) is 15.4. The molecule has 1 aliphatic heterocycles. The minimum atomic E-state index is -0.0389. The number of anilines is 1. The van der Waals surface area contributed by atoms with E-state index in [4.69, 9.17) is 5.73 Å². The van der Waals surface area contributed by atoms with E-state index in [-0.39, 0.29) is 5.91 Å². The lowest BCUT2D eigenvalue weighted by Crippen LogP contribution is -2.47. The maximum Gasteiger partial charge on any atom is 0.251 e. The molecular formula is C21H28N4O. The van der Waals surface area contributed by atoms with Gasteiger partial charge in [-0.05, 0) is 43.3 Å². The van der Waals surface area contributed by atoms with Gasteiger partial charge in [-0.2, -0.15) is 0 Å². The Morgan fingerprint density at radius 1 is 1.12 bits per heavy atom. The fraction of sp³-hybridized carbons (Fsp3) is 0.381. The van der Waals surface area contributed by atoms with E-state index < -0.39 is 0 Å². The number of carbonyl (C=O) groups excluding carboxylic acids is 1. The SMILES string of the molecule is CN1CCN(CCCNC(=O)c2ccc(N)cc2)C(c2ccccc2)C1. The zero-order chi connectivity index (χ0) is 18.4. The van der Waals surface area contributed by atoms with Crippen LogP contribution in [0.3, 0.4) is 0 Å². The van der Waals surface area contributed by atoms with Crippen molar-refractivity contribution in [3.8, 4) is 0 Å². The molecule has 1 saturated heterocycles. The molecule has 1 amide bonds. The van der Waals surface area contributed by atoms with E-state index in [0.717, 1.165) is 32.6 Å². The summed E-state index contributed by atoms with van der Waals surface area (Å²) in [5.41, 5.74) is 8.35. The van der Waals surface area contributed by atoms with Crippen molar-refractivity contribution < 1.29 is 4.79 Å². The number of piperazine rings is 1. The van der Waals surface area contributed by atoms with Gasteiger partial charge in [-0.25, -0.2) is 0 Å². The first-order chi connectivity index (χ1) is 12.6. The van der Waals surface area contributed by atoms with Gasteiger partial charge in [0.15, 0.2) is 0 Å². The molecule has 1 fully saturated rings. The Morgan fingerprint density at radius 2 is 1.85 bits per heavy atom. The molecule has 0 saturated carbocycles. The topological polar surface area (TPSA) is 61.6 Å². The number of carbonyl (C=O) groups is 1. The van der Waals surface area contributed by atoms with Crippen LogP contribution in [0.15, 0.2) is 54.6 Å². The summed E-state index contributed by atoms with van der Waals surface area (Å²) >= 11 is 0. The van der Waals surface area contributed by atoms with Crippen LogP contribution in [0.1, 0.15) is 28.4 Å². The van der Waals surface area contributed by atoms with Gasteiger partial charge in [0.2, 0.25) is 0 Å². The minimum absolute atomic E-state index is 0.0389. The van der Waals surface area contributed by atoms with E-state index in [2.05, 4.69) is 52.5 Å². The van der Waals surface area contributed by atoms with Gasteiger partial charge in [0, 0.05) is 50.0 Å². The monoisotopic (exact) mass is 352 g/mol. The first kappa shape index (κ1) is 18.4. The van der Waals surface area contributed by atoms with Gasteiger partial charge < -0.3 is 16.0 Å². The fourth-order valence-electron chi connectivity index (χ4n) is 3.44. The van der Waals surface area contributed by atoms with Gasteiger partial charge in [-0.3, -0.25) is 9.69 Å². The molecule has 138 valence electrons. The number of rotatable bonds is 6. The largest absolute Gasteiger partial charge is 0.399 e. The van der Waals surface area contributed by atoms with Crippen molar-refractivity contribution in [1.82, 2.24) is 15.1 Å². The van der Waals surface area contributed by atoms with Gasteiger partial charge in [-0.1, -0.05) is 30.3 Å². The first-order valence-corrected chi connectivity index (χ1v) is 9.25. The van der Waals surface area contributed by atoms with Crippen LogP contribution in [-0.4, -0.2) is 55.5 Å². The van der Waals surface area contributed by atoms with Crippen molar-refractivity contribution in [2.75, 3.05) is 45.5 Å². The van der Waals surface area contributed by atoms with E-state index in [0.29, 0.717) is 23.8 Å². The Kier molecular flexibility index (Phi) is 6.26. The van der Waals surface area contributed by atoms with Gasteiger partial charge in [-0.15, -0.1) is 0 Å². The number of hydrogen-bond acceptors (Lipinski definition) is 4. The van der Waals surface area contributed by atoms with Crippen LogP contribution in [-0.2, 0) is 0 Å². The highest BCUT2D eigenvalue weighted by molar-refractivity contribution is 5.94. The molecule has 3 rings (SSSR count). The summed E-state index contributed by atoms with van der Waals surface area (Å²) in [6.45, 7) is 4.84. The molecule has 0 aliphatic carbocycles. The second-order valence-corrected chi connectivity index (χ2v) is 6.96. The number of likely N-dealkylation sites (N-methyl/N-ethyl adjacent to an activating group) is 1. The van der Waals surface area contributed by atoms with Crippen LogP contribution < -0.4 is 11.1 Å². The maximum absolute atomic E-state index is 12.2. The molecule has 2 aromatic rings. The predicted molar refractivity (Wildman–Crippen MR) is 106 cm³/mol. The van der Waals surface area contributed by atoms with Crippen molar-refractivity contribution in [2.45, 2.75) is 12.5 Å². The van der Waals surface area contributed by atoms with E-state index in [1.54, 1.807) is 24.3 Å². The lowest BCUT2D eigenvalue weighted by Gasteiger charge is -2.40. The third-order valence-electron chi connectivity index (χ3n) is 4.96. The Labute approximate surface area is 155 Å². The molecule has 0 bridgehead atoms. The summed E-state index contributed by atoms with van der Waals surface area (Å²) in [6.07, 6.45) is 0.938. The maximum atomic E-state index is 12.2. The quantitative estimate of drug-likeness (QED) is 0.619. The van der Waals surface area contributed by atoms with Crippen molar-refractivity contribution in [3.05, 3.63) is 65.7 Å². The summed E-state index contributed by atoms with van der Waals surface area (Å²) < 4.78 is 0. The molecule has 1 atom stereocenters. The summed E-state index contributed by atoms with van der Waals surface area (Å²) in [5.74, 6) is -0.0389. The van der Waals surface area contributed by atoms with Crippen molar-refractivity contribution >= 4 is 11.6 Å². The second kappa shape index (κ2) is 8.83. The highest BCUT2D eigenvalue weighted by Crippen LogP contribution is 2.24. The normalized spacial score (nSPS) is 18.6. The predicted octanol–water partition coefficient (Wildman–Crippen LogP) is 2.38. The standard InChI is InChI=1S/C21H28N4O/c1-24-14-15-25(20(16-24)17-6-3-2-4-7-17)13-5-12-23-21(26)18-8-10-19(22)11-9-18/h2-4,6-11,20H,5,12-16,22H2,1H3,(H,23,26). The lowest BCUT2D eigenvalue weighted by molar-refractivity contribution is 0.0866. The number of hydrogen-bond donors (Lipinski definition) is 2. The Bertz CT molecular complexity index is 702. The molecule has 0 aromatic heterocycles. The van der Waals surface area contributed by atoms with E-state index in [9.17, 15) is 4.79 Å². The number of nitrogen functional groups attached to an aromatic ring is 1. The summed E-state index contributed by atoms with van der Waals surface area (Å²) in [6, 6.07) is 18.1. The van der Waals surface area contributed by atoms with Crippen LogP contribution in [0.2, 0.25) is 0 Å². The van der Waals surface area contributed by atoms with Crippen LogP contribution in [0, 0.1) is 0 Å². The molecule has 0 radical (unpaired) electrons. The number of nitrogens with zero attached hydrogens (tertiary/aromatic N) is 2. The van der Waals surface area contributed by atoms with Crippen molar-refractivity contribution in [2.24, 2.45) is 0 Å². The Balaban J connectivity index is 1.49. The van der Waals surface area contributed by atoms with Gasteiger partial charge in [0.1, 0.15) is 0 Å². The number of benzene rings is 2. The molecule has 1 heterocycles. The molecule has 2 aromatic carbocycles. The average Bonchev–Trinajstić information content (AvgIpc) is 2.67. The van der Waals surface area contributed by atoms with E-state index in [1.165, 1.54) is 5.56 Å². The molecule has 3 N–H and O–H groups in total. The molecule has 5 heteroatoms. The molecule has 26 heavy (non-hydrogen) atoms. The van der Waals surface area contributed by atoms with Crippen molar-refractivity contribution in [3.63, 3.8) is 0 Å². The van der Waals surface area contributed by atoms with Crippen molar-refractivity contribution in [1.29, 1.82) is 0 Å². The summed E-state index contributed by atoms with van der Waals surface area (Å²) in [7, 11) is 2.18. The van der Waals surface area contributed by atoms with Gasteiger partial charge in [0.05, 0.1) is 0 Å². The average molecular weight is 352 g/mol. The van der Waals surface area contributed by atoms with Crippen LogP contribution >= 0.6 is 0 Å². The third-order valence-corrected chi connectivity index (χ3v) is 4.96. The fourth-order valence-corrected chi connectivity index (χ4v) is 3.44. The Hall–Kier alpha value is -2.37. The smallest absolute Gasteiger partial charge is 0.251 e. The minimum Gasteiger partial charge on any atom is -0.399 e. The molecule has 1 unspecified atom stereocenters. The molecule has 5 nitrogen and oxygen atoms in total. The number of nitrogens with one attached hydrogen (secondary N) is 1. The van der Waals surface area contributed by atoms with Crippen LogP contribution in [0.5, 0.6) is 0 Å². The van der Waals surface area contributed by atoms with Crippen LogP contribution in [0.25, 0.3) is 0 Å². The summed E-state index contributed by atoms with van der Waals surface area (Å²) in [5, 5.41) is 3.00. The zero-order valence-corrected chi connectivity index (χ0v) is 15.4. The van der Waals surface area contributed by atoms with Crippen LogP contribution in [0.4, 0.5) is 5.69 Å². The first-order valence-electron chi connectivity index (χ1n) is 9.25. The molecule has 0 spiro atoms.